The van der Waals surface area contributed by atoms with Gasteiger partial charge in [-0.3, -0.25) is 0 Å². The van der Waals surface area contributed by atoms with Crippen molar-refractivity contribution in [3.8, 4) is 0 Å². The quantitative estimate of drug-likeness (QED) is 0.678. The van der Waals surface area contributed by atoms with Gasteiger partial charge in [-0.15, -0.1) is 0 Å². The molecule has 7 heteroatoms. The second-order valence-corrected chi connectivity index (χ2v) is 6.81. The van der Waals surface area contributed by atoms with Crippen molar-refractivity contribution in [3.63, 3.8) is 0 Å². The average Bonchev–Trinajstić information content (AvgIpc) is 2.56. The number of nitrogens with zero attached hydrogens (tertiary/aromatic N) is 2. The van der Waals surface area contributed by atoms with E-state index in [2.05, 4.69) is 36.2 Å². The normalized spacial score (nSPS) is 14.8. The van der Waals surface area contributed by atoms with Gasteiger partial charge in [-0.05, 0) is 6.42 Å². The molecule has 1 heterocycles. The fourth-order valence-electron chi connectivity index (χ4n) is 1.48. The molecule has 0 aromatic carbocycles. The predicted octanol–water partition coefficient (Wildman–Crippen LogP) is 1.33. The third-order valence-corrected chi connectivity index (χ3v) is 2.24. The number of unbranched alkanes of at least 4 members (excludes halogenated alkanes) is 3. The summed E-state index contributed by atoms with van der Waals surface area (Å²) in [7, 11) is 2.11. The van der Waals surface area contributed by atoms with Crippen LogP contribution in [0, 0.1) is 0 Å². The van der Waals surface area contributed by atoms with Crippen LogP contribution in [0.3, 0.4) is 0 Å². The van der Waals surface area contributed by atoms with Gasteiger partial charge in [-0.1, -0.05) is 26.2 Å². The molecule has 0 aliphatic carbocycles. The van der Waals surface area contributed by atoms with Gasteiger partial charge in [0.25, 0.3) is 0 Å². The second kappa shape index (κ2) is 8.45. The Balaban J connectivity index is 0.000000437. The van der Waals surface area contributed by atoms with E-state index in [0.717, 1.165) is 6.67 Å². The summed E-state index contributed by atoms with van der Waals surface area (Å²) in [6.07, 6.45) is 9.76. The average molecular weight is 419 g/mol. The van der Waals surface area contributed by atoms with Crippen molar-refractivity contribution >= 4 is 0 Å². The Hall–Kier alpha value is -0.638. The van der Waals surface area contributed by atoms with E-state index in [9.17, 15) is 0 Å². The molecular weight excluding hydrogens is 398 g/mol. The van der Waals surface area contributed by atoms with Crippen molar-refractivity contribution in [3.05, 3.63) is 12.4 Å². The fourth-order valence-corrected chi connectivity index (χ4v) is 1.48. The molecule has 17 heavy (non-hydrogen) atoms. The molecule has 0 atom stereocenters. The van der Waals surface area contributed by atoms with Crippen LogP contribution < -0.4 is 0 Å². The van der Waals surface area contributed by atoms with Crippen LogP contribution in [0.15, 0.2) is 12.4 Å². The van der Waals surface area contributed by atoms with E-state index in [-0.39, 0.29) is 0 Å². The van der Waals surface area contributed by atoms with Crippen LogP contribution in [0.4, 0.5) is 0 Å². The van der Waals surface area contributed by atoms with Gasteiger partial charge in [0, 0.05) is 26.0 Å². The van der Waals surface area contributed by atoms with Crippen molar-refractivity contribution in [2.45, 2.75) is 32.6 Å². The van der Waals surface area contributed by atoms with Gasteiger partial charge in [-0.25, -0.2) is 0 Å². The molecule has 0 fully saturated rings. The Morgan fingerprint density at radius 2 is 1.76 bits per heavy atom. The van der Waals surface area contributed by atoms with Crippen LogP contribution >= 0.6 is 0 Å². The van der Waals surface area contributed by atoms with E-state index < -0.39 is 15.8 Å². The summed E-state index contributed by atoms with van der Waals surface area (Å²) in [4.78, 5) is 4.58. The van der Waals surface area contributed by atoms with Gasteiger partial charge in [0.2, 0.25) is 0 Å². The molecule has 0 radical (unpaired) electrons. The molecule has 6 nitrogen and oxygen atoms in total. The van der Waals surface area contributed by atoms with Crippen LogP contribution in [0.1, 0.15) is 32.6 Å². The van der Waals surface area contributed by atoms with Gasteiger partial charge in [-0.2, -0.15) is 0 Å². The Kier molecular flexibility index (Phi) is 8.14. The van der Waals surface area contributed by atoms with Gasteiger partial charge in [0.05, 0.1) is 6.67 Å². The molecule has 1 aliphatic heterocycles. The van der Waals surface area contributed by atoms with Crippen LogP contribution in [0.2, 0.25) is 0 Å². The minimum absolute atomic E-state index is 1.08. The Bertz CT molecular complexity index is 358. The van der Waals surface area contributed by atoms with Gasteiger partial charge in [0.15, 0.2) is 0 Å². The standard InChI is InChI=1S/C10H20N2.H2O.3O.Re/c1-3-4-5-6-7-12-9-8-11(2)10-12;;;;;/h8-9H,3-7,10H2,1-2H3;1H2;;;;/q;;;;;+1/p-1. The summed E-state index contributed by atoms with van der Waals surface area (Å²) in [5, 5.41) is 0. The molecule has 0 aromatic heterocycles. The van der Waals surface area contributed by atoms with E-state index >= 15 is 0 Å². The van der Waals surface area contributed by atoms with Crippen LogP contribution in [-0.4, -0.2) is 33.9 Å². The molecule has 0 aromatic rings. The molecule has 0 saturated heterocycles. The van der Waals surface area contributed by atoms with Crippen molar-refractivity contribution in [1.82, 2.24) is 9.80 Å². The van der Waals surface area contributed by atoms with Crippen molar-refractivity contribution in [1.29, 1.82) is 0 Å². The third-order valence-electron chi connectivity index (χ3n) is 2.24. The topological polar surface area (TPSA) is 77.9 Å². The fraction of sp³-hybridized carbons (Fsp3) is 0.800. The second-order valence-electron chi connectivity index (χ2n) is 3.97. The Morgan fingerprint density at radius 1 is 1.18 bits per heavy atom. The summed E-state index contributed by atoms with van der Waals surface area (Å²) in [5.41, 5.74) is 0. The zero-order chi connectivity index (χ0) is 13.3. The van der Waals surface area contributed by atoms with Gasteiger partial charge >= 0.3 is 30.0 Å². The predicted molar refractivity (Wildman–Crippen MR) is 56.9 cm³/mol. The first kappa shape index (κ1) is 16.4. The Morgan fingerprint density at radius 3 is 2.18 bits per heavy atom. The zero-order valence-electron chi connectivity index (χ0n) is 10.3. The molecule has 0 amide bonds. The molecule has 1 rings (SSSR count). The summed E-state index contributed by atoms with van der Waals surface area (Å²) in [6, 6.07) is 0. The molecular formula is C10H21N2O4Re. The first-order valence-corrected chi connectivity index (χ1v) is 10.1. The summed E-state index contributed by atoms with van der Waals surface area (Å²) in [6.45, 7) is 4.55. The van der Waals surface area contributed by atoms with E-state index in [1.54, 1.807) is 0 Å². The molecule has 0 saturated carbocycles. The van der Waals surface area contributed by atoms with Crippen LogP contribution in [-0.2, 0) is 26.2 Å². The van der Waals surface area contributed by atoms with E-state index in [1.165, 1.54) is 32.2 Å². The number of rotatable bonds is 5. The number of hydrogen-bond acceptors (Lipinski definition) is 5. The first-order chi connectivity index (χ1) is 7.83. The maximum absolute atomic E-state index is 8.75. The molecule has 1 N–H and O–H groups in total. The first-order valence-electron chi connectivity index (χ1n) is 5.58. The van der Waals surface area contributed by atoms with E-state index in [4.69, 9.17) is 14.2 Å². The van der Waals surface area contributed by atoms with Crippen molar-refractivity contribution in [2.24, 2.45) is 0 Å². The molecule has 102 valence electrons. The molecule has 0 spiro atoms. The maximum atomic E-state index is 8.75. The van der Waals surface area contributed by atoms with E-state index in [1.807, 2.05) is 0 Å². The van der Waals surface area contributed by atoms with Crippen LogP contribution in [0.5, 0.6) is 0 Å². The van der Waals surface area contributed by atoms with Crippen molar-refractivity contribution in [2.75, 3.05) is 20.3 Å². The minimum atomic E-state index is -5.86. The number of hydrogen-bond donors (Lipinski definition) is 1. The third kappa shape index (κ3) is 13.3. The summed E-state index contributed by atoms with van der Waals surface area (Å²) in [5.74, 6) is 0. The summed E-state index contributed by atoms with van der Waals surface area (Å²) < 4.78 is 33.3. The zero-order valence-corrected chi connectivity index (χ0v) is 13.1. The van der Waals surface area contributed by atoms with E-state index in [0.29, 0.717) is 0 Å². The molecule has 1 aliphatic rings. The summed E-state index contributed by atoms with van der Waals surface area (Å²) >= 11 is -5.86. The molecule has 0 unspecified atom stereocenters. The monoisotopic (exact) mass is 420 g/mol. The SMILES string of the molecule is CCCCCCN1C=CN(C)C1.[O]=[Re](=[O])(=[O])[OH]. The van der Waals surface area contributed by atoms with Crippen molar-refractivity contribution < 1.29 is 30.0 Å². The van der Waals surface area contributed by atoms with Crippen LogP contribution in [0.25, 0.3) is 0 Å². The molecule has 0 bridgehead atoms. The van der Waals surface area contributed by atoms with Gasteiger partial charge in [0.1, 0.15) is 0 Å². The Labute approximate surface area is 105 Å². The van der Waals surface area contributed by atoms with Gasteiger partial charge < -0.3 is 9.80 Å².